The van der Waals surface area contributed by atoms with Crippen molar-refractivity contribution in [3.8, 4) is 5.88 Å². The maximum absolute atomic E-state index is 12.7. The van der Waals surface area contributed by atoms with Crippen molar-refractivity contribution in [3.05, 3.63) is 23.9 Å². The van der Waals surface area contributed by atoms with Crippen LogP contribution in [0.4, 0.5) is 13.2 Å². The van der Waals surface area contributed by atoms with Gasteiger partial charge in [0, 0.05) is 12.7 Å². The van der Waals surface area contributed by atoms with Crippen LogP contribution in [0.15, 0.2) is 23.3 Å². The normalized spacial score (nSPS) is 12.5. The van der Waals surface area contributed by atoms with Gasteiger partial charge in [-0.2, -0.15) is 13.2 Å². The zero-order valence-corrected chi connectivity index (χ0v) is 12.7. The lowest BCUT2D eigenvalue weighted by molar-refractivity contribution is -0.139. The van der Waals surface area contributed by atoms with E-state index in [1.807, 2.05) is 0 Å². The molecule has 1 rings (SSSR count). The average molecular weight is 318 g/mol. The van der Waals surface area contributed by atoms with Gasteiger partial charge in [-0.1, -0.05) is 13.8 Å². The van der Waals surface area contributed by atoms with Crippen molar-refractivity contribution in [2.75, 3.05) is 19.7 Å². The molecule has 0 saturated heterocycles. The molecular weight excluding hydrogens is 297 g/mol. The summed E-state index contributed by atoms with van der Waals surface area (Å²) in [5, 5.41) is 2.78. The van der Waals surface area contributed by atoms with Crippen molar-refractivity contribution >= 4 is 5.96 Å². The van der Waals surface area contributed by atoms with E-state index in [9.17, 15) is 13.2 Å². The van der Waals surface area contributed by atoms with Gasteiger partial charge in [0.25, 0.3) is 0 Å². The zero-order chi connectivity index (χ0) is 16.6. The van der Waals surface area contributed by atoms with Crippen molar-refractivity contribution in [1.29, 1.82) is 0 Å². The highest BCUT2D eigenvalue weighted by molar-refractivity contribution is 5.77. The number of guanidine groups is 1. The van der Waals surface area contributed by atoms with Gasteiger partial charge in [0.1, 0.15) is 12.2 Å². The van der Waals surface area contributed by atoms with Gasteiger partial charge in [0.2, 0.25) is 5.88 Å². The Kier molecular flexibility index (Phi) is 6.94. The van der Waals surface area contributed by atoms with Crippen molar-refractivity contribution in [3.63, 3.8) is 0 Å². The second-order valence-electron chi connectivity index (χ2n) is 5.08. The minimum Gasteiger partial charge on any atom is -0.475 e. The number of hydrogen-bond acceptors (Lipinski definition) is 3. The van der Waals surface area contributed by atoms with Crippen LogP contribution in [0.2, 0.25) is 0 Å². The molecule has 3 N–H and O–H groups in total. The molecule has 0 aliphatic carbocycles. The highest BCUT2D eigenvalue weighted by Crippen LogP contribution is 2.34. The lowest BCUT2D eigenvalue weighted by atomic mass is 10.1. The summed E-state index contributed by atoms with van der Waals surface area (Å²) in [4.78, 5) is 7.70. The number of nitrogens with two attached hydrogens (primary N) is 1. The van der Waals surface area contributed by atoms with Crippen molar-refractivity contribution in [2.45, 2.75) is 26.4 Å². The largest absolute Gasteiger partial charge is 0.475 e. The molecule has 0 fully saturated rings. The first-order valence-electron chi connectivity index (χ1n) is 6.99. The third kappa shape index (κ3) is 6.64. The quantitative estimate of drug-likeness (QED) is 0.460. The first-order chi connectivity index (χ1) is 10.3. The number of pyridine rings is 1. The van der Waals surface area contributed by atoms with Crippen LogP contribution in [0, 0.1) is 5.92 Å². The van der Waals surface area contributed by atoms with E-state index < -0.39 is 17.6 Å². The molecule has 0 bridgehead atoms. The van der Waals surface area contributed by atoms with E-state index in [0.717, 1.165) is 12.5 Å². The fraction of sp³-hybridized carbons (Fsp3) is 0.571. The van der Waals surface area contributed by atoms with Crippen LogP contribution in [0.1, 0.15) is 25.8 Å². The molecule has 8 heteroatoms. The molecule has 5 nitrogen and oxygen atoms in total. The molecule has 1 aromatic rings. The molecule has 0 atom stereocenters. The number of nitrogens with zero attached hydrogens (tertiary/aromatic N) is 2. The van der Waals surface area contributed by atoms with Gasteiger partial charge in [0.15, 0.2) is 5.96 Å². The van der Waals surface area contributed by atoms with Crippen LogP contribution in [-0.2, 0) is 6.18 Å². The van der Waals surface area contributed by atoms with Crippen LogP contribution in [0.3, 0.4) is 0 Å². The van der Waals surface area contributed by atoms with E-state index in [-0.39, 0.29) is 19.1 Å². The molecule has 1 heterocycles. The molecule has 0 aliphatic rings. The van der Waals surface area contributed by atoms with Gasteiger partial charge in [-0.05, 0) is 24.5 Å². The first kappa shape index (κ1) is 18.1. The van der Waals surface area contributed by atoms with E-state index in [1.54, 1.807) is 0 Å². The van der Waals surface area contributed by atoms with E-state index in [2.05, 4.69) is 29.1 Å². The van der Waals surface area contributed by atoms with Crippen molar-refractivity contribution in [1.82, 2.24) is 10.3 Å². The Hall–Kier alpha value is -1.99. The van der Waals surface area contributed by atoms with Gasteiger partial charge in [-0.15, -0.1) is 0 Å². The molecule has 0 amide bonds. The number of aliphatic imine (C=N–C) groups is 1. The third-order valence-corrected chi connectivity index (χ3v) is 2.71. The van der Waals surface area contributed by atoms with Crippen LogP contribution < -0.4 is 15.8 Å². The molecule has 0 aromatic carbocycles. The van der Waals surface area contributed by atoms with Gasteiger partial charge in [-0.3, -0.25) is 4.99 Å². The summed E-state index contributed by atoms with van der Waals surface area (Å²) in [6, 6.07) is 2.14. The smallest absolute Gasteiger partial charge is 0.421 e. The lowest BCUT2D eigenvalue weighted by Crippen LogP contribution is -2.35. The fourth-order valence-electron chi connectivity index (χ4n) is 1.55. The van der Waals surface area contributed by atoms with E-state index in [1.165, 1.54) is 12.3 Å². The molecule has 0 saturated carbocycles. The highest BCUT2D eigenvalue weighted by atomic mass is 19.4. The summed E-state index contributed by atoms with van der Waals surface area (Å²) in [6.45, 7) is 5.01. The number of hydrogen-bond donors (Lipinski definition) is 2. The zero-order valence-electron chi connectivity index (χ0n) is 12.7. The van der Waals surface area contributed by atoms with Gasteiger partial charge in [0.05, 0.1) is 6.54 Å². The summed E-state index contributed by atoms with van der Waals surface area (Å²) in [5.74, 6) is 0.346. The second kappa shape index (κ2) is 8.45. The van der Waals surface area contributed by atoms with Crippen LogP contribution >= 0.6 is 0 Å². The molecule has 124 valence electrons. The Bertz CT molecular complexity index is 489. The van der Waals surface area contributed by atoms with Crippen LogP contribution in [0.5, 0.6) is 5.88 Å². The fourth-order valence-corrected chi connectivity index (χ4v) is 1.55. The molecule has 1 aromatic heterocycles. The van der Waals surface area contributed by atoms with Crippen molar-refractivity contribution < 1.29 is 17.9 Å². The molecule has 0 unspecified atom stereocenters. The number of ether oxygens (including phenoxy) is 1. The molecule has 22 heavy (non-hydrogen) atoms. The first-order valence-corrected chi connectivity index (χ1v) is 6.99. The predicted octanol–water partition coefficient (Wildman–Crippen LogP) is 2.43. The standard InChI is InChI=1S/C14H21F3N4O/c1-10(2)5-7-20-13(18)21-8-9-22-12-11(14(15,16)17)4-3-6-19-12/h3-4,6,10H,5,7-9H2,1-2H3,(H3,18,20,21). The Balaban J connectivity index is 2.39. The summed E-state index contributed by atoms with van der Waals surface area (Å²) < 4.78 is 43.2. The predicted molar refractivity (Wildman–Crippen MR) is 78.7 cm³/mol. The third-order valence-electron chi connectivity index (χ3n) is 2.71. The Morgan fingerprint density at radius 3 is 2.82 bits per heavy atom. The number of nitrogens with one attached hydrogen (secondary N) is 1. The molecule has 0 radical (unpaired) electrons. The number of alkyl halides is 3. The SMILES string of the molecule is CC(C)CCN=C(N)NCCOc1ncccc1C(F)(F)F. The highest BCUT2D eigenvalue weighted by Gasteiger charge is 2.34. The minimum absolute atomic E-state index is 0.000490. The van der Waals surface area contributed by atoms with Gasteiger partial charge >= 0.3 is 6.18 Å². The van der Waals surface area contributed by atoms with Crippen LogP contribution in [-0.4, -0.2) is 30.6 Å². The summed E-state index contributed by atoms with van der Waals surface area (Å²) in [7, 11) is 0. The lowest BCUT2D eigenvalue weighted by Gasteiger charge is -2.12. The van der Waals surface area contributed by atoms with Crippen LogP contribution in [0.25, 0.3) is 0 Å². The summed E-state index contributed by atoms with van der Waals surface area (Å²) in [5.41, 5.74) is 4.73. The molecule has 0 spiro atoms. The maximum atomic E-state index is 12.7. The maximum Gasteiger partial charge on any atom is 0.421 e. The number of halogens is 3. The van der Waals surface area contributed by atoms with E-state index >= 15 is 0 Å². The monoisotopic (exact) mass is 318 g/mol. The Morgan fingerprint density at radius 1 is 1.45 bits per heavy atom. The van der Waals surface area contributed by atoms with E-state index in [4.69, 9.17) is 10.5 Å². The average Bonchev–Trinajstić information content (AvgIpc) is 2.42. The summed E-state index contributed by atoms with van der Waals surface area (Å²) >= 11 is 0. The Labute approximate surface area is 127 Å². The minimum atomic E-state index is -4.49. The van der Waals surface area contributed by atoms with Gasteiger partial charge < -0.3 is 15.8 Å². The number of aromatic nitrogens is 1. The summed E-state index contributed by atoms with van der Waals surface area (Å²) in [6.07, 6.45) is -2.32. The molecule has 0 aliphatic heterocycles. The van der Waals surface area contributed by atoms with Crippen molar-refractivity contribution in [2.24, 2.45) is 16.6 Å². The topological polar surface area (TPSA) is 72.5 Å². The van der Waals surface area contributed by atoms with Gasteiger partial charge in [-0.25, -0.2) is 4.98 Å². The number of rotatable bonds is 7. The van der Waals surface area contributed by atoms with E-state index in [0.29, 0.717) is 12.5 Å². The second-order valence-corrected chi connectivity index (χ2v) is 5.08. The Morgan fingerprint density at radius 2 is 2.18 bits per heavy atom. The molecular formula is C14H21F3N4O.